The first-order chi connectivity index (χ1) is 14.8. The third-order valence-corrected chi connectivity index (χ3v) is 5.15. The topological polar surface area (TPSA) is 79.9 Å². The number of fused-ring (bicyclic) bond motifs is 1. The van der Waals surface area contributed by atoms with Gasteiger partial charge in [-0.05, 0) is 35.2 Å². The molecule has 1 heterocycles. The van der Waals surface area contributed by atoms with Crippen molar-refractivity contribution < 1.29 is 19.1 Å². The number of anilines is 1. The first kappa shape index (κ1) is 22.5. The number of rotatable bonds is 7. The molecular formula is C24H31N3O4. The Bertz CT molecular complexity index is 906. The summed E-state index contributed by atoms with van der Waals surface area (Å²) in [7, 11) is 1.57. The Balaban J connectivity index is 1.49. The van der Waals surface area contributed by atoms with Gasteiger partial charge in [0.2, 0.25) is 5.91 Å². The van der Waals surface area contributed by atoms with E-state index in [1.54, 1.807) is 13.1 Å². The summed E-state index contributed by atoms with van der Waals surface area (Å²) in [4.78, 5) is 26.4. The van der Waals surface area contributed by atoms with Crippen LogP contribution < -0.4 is 25.0 Å². The molecule has 2 aromatic rings. The van der Waals surface area contributed by atoms with E-state index in [0.29, 0.717) is 25.4 Å². The molecule has 2 N–H and O–H groups in total. The zero-order valence-corrected chi connectivity index (χ0v) is 18.6. The number of carbonyl (C=O) groups is 2. The highest BCUT2D eigenvalue weighted by molar-refractivity contribution is 5.86. The van der Waals surface area contributed by atoms with E-state index in [9.17, 15) is 9.59 Å². The molecule has 0 fully saturated rings. The summed E-state index contributed by atoms with van der Waals surface area (Å²) in [5, 5.41) is 5.48. The van der Waals surface area contributed by atoms with Crippen LogP contribution in [0.5, 0.6) is 11.5 Å². The molecule has 166 valence electrons. The molecule has 7 heteroatoms. The van der Waals surface area contributed by atoms with E-state index in [4.69, 9.17) is 9.47 Å². The fraction of sp³-hybridized carbons (Fsp3) is 0.417. The molecule has 0 saturated heterocycles. The molecule has 7 nitrogen and oxygen atoms in total. The lowest BCUT2D eigenvalue weighted by atomic mass is 9.87. The number of hydrogen-bond donors (Lipinski definition) is 2. The minimum atomic E-state index is -0.660. The van der Waals surface area contributed by atoms with Crippen molar-refractivity contribution in [2.24, 2.45) is 0 Å². The molecule has 3 rings (SSSR count). The molecule has 2 amide bonds. The van der Waals surface area contributed by atoms with Gasteiger partial charge in [-0.25, -0.2) is 0 Å². The number of likely N-dealkylation sites (N-methyl/N-ethyl adjacent to an activating group) is 1. The van der Waals surface area contributed by atoms with Gasteiger partial charge >= 0.3 is 0 Å². The number of nitrogens with zero attached hydrogens (tertiary/aromatic N) is 1. The average molecular weight is 426 g/mol. The largest absolute Gasteiger partial charge is 0.492 e. The van der Waals surface area contributed by atoms with Gasteiger partial charge in [-0.15, -0.1) is 0 Å². The lowest BCUT2D eigenvalue weighted by Gasteiger charge is -2.34. The smallest absolute Gasteiger partial charge is 0.262 e. The van der Waals surface area contributed by atoms with Crippen LogP contribution in [-0.2, 0) is 15.0 Å². The van der Waals surface area contributed by atoms with Crippen LogP contribution in [-0.4, -0.2) is 51.2 Å². The normalized spacial score (nSPS) is 15.5. The maximum Gasteiger partial charge on any atom is 0.262 e. The molecule has 2 aromatic carbocycles. The third-order valence-electron chi connectivity index (χ3n) is 5.15. The summed E-state index contributed by atoms with van der Waals surface area (Å²) in [6.07, 6.45) is -0.660. The van der Waals surface area contributed by atoms with Gasteiger partial charge in [-0.3, -0.25) is 9.59 Å². The van der Waals surface area contributed by atoms with Gasteiger partial charge < -0.3 is 25.0 Å². The summed E-state index contributed by atoms with van der Waals surface area (Å²) in [6, 6.07) is 15.4. The molecule has 0 unspecified atom stereocenters. The summed E-state index contributed by atoms with van der Waals surface area (Å²) >= 11 is 0. The number of amides is 2. The first-order valence-electron chi connectivity index (χ1n) is 10.5. The summed E-state index contributed by atoms with van der Waals surface area (Å²) in [6.45, 7) is 7.72. The Hall–Kier alpha value is -3.22. The van der Waals surface area contributed by atoms with Crippen molar-refractivity contribution in [1.82, 2.24) is 10.6 Å². The molecule has 0 radical (unpaired) electrons. The van der Waals surface area contributed by atoms with Gasteiger partial charge in [0.1, 0.15) is 18.1 Å². The number of nitrogens with one attached hydrogen (secondary N) is 2. The van der Waals surface area contributed by atoms with Crippen molar-refractivity contribution in [3.05, 3.63) is 54.1 Å². The second-order valence-electron chi connectivity index (χ2n) is 8.54. The standard InChI is InChI=1S/C24H31N3O4/c1-24(2,3)17-9-11-18(12-10-17)30-14-13-26-22(28)16-27-15-21(23(29)25-4)31-20-8-6-5-7-19(20)27/h5-12,21H,13-16H2,1-4H3,(H,25,29)(H,26,28)/t21-/m0/s1. The SMILES string of the molecule is CNC(=O)[C@@H]1CN(CC(=O)NCCOc2ccc(C(C)(C)C)cc2)c2ccccc2O1. The van der Waals surface area contributed by atoms with Crippen molar-refractivity contribution >= 4 is 17.5 Å². The van der Waals surface area contributed by atoms with Crippen LogP contribution in [0.4, 0.5) is 5.69 Å². The number of carbonyl (C=O) groups excluding carboxylic acids is 2. The number of ether oxygens (including phenoxy) is 2. The van der Waals surface area contributed by atoms with E-state index >= 15 is 0 Å². The monoisotopic (exact) mass is 425 g/mol. The van der Waals surface area contributed by atoms with E-state index in [1.807, 2.05) is 35.2 Å². The molecule has 1 aliphatic heterocycles. The number of para-hydroxylation sites is 2. The molecule has 0 aromatic heterocycles. The van der Waals surface area contributed by atoms with Crippen molar-refractivity contribution in [3.63, 3.8) is 0 Å². The highest BCUT2D eigenvalue weighted by atomic mass is 16.5. The van der Waals surface area contributed by atoms with Gasteiger partial charge in [-0.2, -0.15) is 0 Å². The highest BCUT2D eigenvalue weighted by Gasteiger charge is 2.30. The van der Waals surface area contributed by atoms with Crippen molar-refractivity contribution in [3.8, 4) is 11.5 Å². The predicted molar refractivity (Wildman–Crippen MR) is 121 cm³/mol. The van der Waals surface area contributed by atoms with E-state index in [-0.39, 0.29) is 23.8 Å². The second kappa shape index (κ2) is 9.73. The van der Waals surface area contributed by atoms with Crippen LogP contribution in [0.25, 0.3) is 0 Å². The predicted octanol–water partition coefficient (Wildman–Crippen LogP) is 2.49. The zero-order valence-electron chi connectivity index (χ0n) is 18.6. The van der Waals surface area contributed by atoms with Crippen LogP contribution in [0, 0.1) is 0 Å². The van der Waals surface area contributed by atoms with E-state index in [2.05, 4.69) is 43.5 Å². The van der Waals surface area contributed by atoms with Crippen LogP contribution in [0.1, 0.15) is 26.3 Å². The second-order valence-corrected chi connectivity index (χ2v) is 8.54. The average Bonchev–Trinajstić information content (AvgIpc) is 2.75. The Labute approximate surface area is 183 Å². The molecule has 0 saturated carbocycles. The van der Waals surface area contributed by atoms with E-state index in [1.165, 1.54) is 5.56 Å². The summed E-state index contributed by atoms with van der Waals surface area (Å²) in [5.41, 5.74) is 2.14. The van der Waals surface area contributed by atoms with Crippen LogP contribution in [0.15, 0.2) is 48.5 Å². The molecule has 0 spiro atoms. The molecule has 1 atom stereocenters. The maximum absolute atomic E-state index is 12.5. The van der Waals surface area contributed by atoms with Gasteiger partial charge in [0.25, 0.3) is 5.91 Å². The minimum absolute atomic E-state index is 0.0986. The van der Waals surface area contributed by atoms with Crippen LogP contribution in [0.2, 0.25) is 0 Å². The molecular weight excluding hydrogens is 394 g/mol. The lowest BCUT2D eigenvalue weighted by Crippen LogP contribution is -2.50. The van der Waals surface area contributed by atoms with Gasteiger partial charge in [0.05, 0.1) is 25.3 Å². The van der Waals surface area contributed by atoms with Gasteiger partial charge in [0.15, 0.2) is 6.10 Å². The molecule has 0 bridgehead atoms. The molecule has 31 heavy (non-hydrogen) atoms. The number of hydrogen-bond acceptors (Lipinski definition) is 5. The van der Waals surface area contributed by atoms with Crippen molar-refractivity contribution in [2.75, 3.05) is 38.2 Å². The zero-order chi connectivity index (χ0) is 22.4. The number of benzene rings is 2. The van der Waals surface area contributed by atoms with Crippen molar-refractivity contribution in [2.45, 2.75) is 32.3 Å². The van der Waals surface area contributed by atoms with Crippen LogP contribution in [0.3, 0.4) is 0 Å². The molecule has 1 aliphatic rings. The van der Waals surface area contributed by atoms with Gasteiger partial charge in [-0.1, -0.05) is 45.0 Å². The van der Waals surface area contributed by atoms with E-state index in [0.717, 1.165) is 11.4 Å². The Morgan fingerprint density at radius 1 is 1.13 bits per heavy atom. The molecule has 0 aliphatic carbocycles. The Morgan fingerprint density at radius 3 is 2.52 bits per heavy atom. The summed E-state index contributed by atoms with van der Waals surface area (Å²) in [5.74, 6) is 1.01. The maximum atomic E-state index is 12.5. The summed E-state index contributed by atoms with van der Waals surface area (Å²) < 4.78 is 11.5. The Kier molecular flexibility index (Phi) is 7.05. The lowest BCUT2D eigenvalue weighted by molar-refractivity contribution is -0.127. The third kappa shape index (κ3) is 5.90. The Morgan fingerprint density at radius 2 is 1.84 bits per heavy atom. The fourth-order valence-corrected chi connectivity index (χ4v) is 3.39. The van der Waals surface area contributed by atoms with Gasteiger partial charge in [0, 0.05) is 7.05 Å². The quantitative estimate of drug-likeness (QED) is 0.667. The van der Waals surface area contributed by atoms with Crippen LogP contribution >= 0.6 is 0 Å². The van der Waals surface area contributed by atoms with Crippen molar-refractivity contribution in [1.29, 1.82) is 0 Å². The van der Waals surface area contributed by atoms with E-state index < -0.39 is 6.10 Å². The minimum Gasteiger partial charge on any atom is -0.492 e. The fourth-order valence-electron chi connectivity index (χ4n) is 3.39. The first-order valence-corrected chi connectivity index (χ1v) is 10.5. The highest BCUT2D eigenvalue weighted by Crippen LogP contribution is 2.32.